The molecule has 7 atom stereocenters. The molecule has 196 valence electrons. The van der Waals surface area contributed by atoms with Crippen LogP contribution in [0.5, 0.6) is 0 Å². The Bertz CT molecular complexity index is 716. The first-order chi connectivity index (χ1) is 15.8. The number of hydrogen-bond acceptors (Lipinski definition) is 6. The quantitative estimate of drug-likeness (QED) is 0.180. The molecule has 0 radical (unpaired) electrons. The van der Waals surface area contributed by atoms with Gasteiger partial charge in [-0.15, -0.1) is 0 Å². The van der Waals surface area contributed by atoms with Crippen LogP contribution in [-0.4, -0.2) is 58.9 Å². The third-order valence-electron chi connectivity index (χ3n) is 6.40. The Hall–Kier alpha value is -2.69. The van der Waals surface area contributed by atoms with E-state index in [2.05, 4.69) is 16.0 Å². The predicted molar refractivity (Wildman–Crippen MR) is 128 cm³/mol. The second-order valence-electron chi connectivity index (χ2n) is 9.07. The summed E-state index contributed by atoms with van der Waals surface area (Å²) in [5.74, 6) is -4.37. The van der Waals surface area contributed by atoms with Gasteiger partial charge >= 0.3 is 5.97 Å². The fraction of sp³-hybridized carbons (Fsp3) is 0.783. The second kappa shape index (κ2) is 15.3. The minimum Gasteiger partial charge on any atom is -0.480 e. The van der Waals surface area contributed by atoms with Crippen molar-refractivity contribution in [3.05, 3.63) is 0 Å². The van der Waals surface area contributed by atoms with E-state index < -0.39 is 53.8 Å². The van der Waals surface area contributed by atoms with Crippen molar-refractivity contribution in [2.24, 2.45) is 29.2 Å². The lowest BCUT2D eigenvalue weighted by Crippen LogP contribution is -2.60. The lowest BCUT2D eigenvalue weighted by molar-refractivity contribution is -0.144. The van der Waals surface area contributed by atoms with E-state index in [-0.39, 0.29) is 30.6 Å². The number of nitrogens with two attached hydrogens (primary N) is 2. The van der Waals surface area contributed by atoms with Crippen molar-refractivity contribution in [1.82, 2.24) is 16.0 Å². The number of rotatable bonds is 16. The maximum atomic E-state index is 13.2. The zero-order chi connectivity index (χ0) is 26.6. The number of carboxylic acids is 1. The normalized spacial score (nSPS) is 17.3. The Labute approximate surface area is 202 Å². The van der Waals surface area contributed by atoms with Crippen molar-refractivity contribution in [1.29, 1.82) is 0 Å². The van der Waals surface area contributed by atoms with Crippen LogP contribution in [0, 0.1) is 17.8 Å². The van der Waals surface area contributed by atoms with Gasteiger partial charge in [0.2, 0.25) is 23.6 Å². The Morgan fingerprint density at radius 2 is 1.06 bits per heavy atom. The summed E-state index contributed by atoms with van der Waals surface area (Å²) in [6.07, 6.45) is 1.64. The van der Waals surface area contributed by atoms with Crippen molar-refractivity contribution in [3.8, 4) is 0 Å². The van der Waals surface area contributed by atoms with Gasteiger partial charge in [-0.05, 0) is 24.2 Å². The summed E-state index contributed by atoms with van der Waals surface area (Å²) in [6, 6.07) is -4.07. The SMILES string of the molecule is CCC(C)C(NC(=O)C(NC(=O)C(NC(=O)C(N)CCC(N)=O)C(C)CC)C(C)CC)C(=O)O. The summed E-state index contributed by atoms with van der Waals surface area (Å²) < 4.78 is 0. The van der Waals surface area contributed by atoms with Crippen LogP contribution >= 0.6 is 0 Å². The van der Waals surface area contributed by atoms with E-state index >= 15 is 0 Å². The van der Waals surface area contributed by atoms with Crippen LogP contribution in [0.15, 0.2) is 0 Å². The van der Waals surface area contributed by atoms with Gasteiger partial charge in [0, 0.05) is 6.42 Å². The highest BCUT2D eigenvalue weighted by molar-refractivity contribution is 5.94. The van der Waals surface area contributed by atoms with E-state index in [1.54, 1.807) is 20.8 Å². The van der Waals surface area contributed by atoms with E-state index in [9.17, 15) is 29.1 Å². The van der Waals surface area contributed by atoms with Gasteiger partial charge in [0.15, 0.2) is 0 Å². The molecular formula is C23H43N5O6. The summed E-state index contributed by atoms with van der Waals surface area (Å²) in [5, 5.41) is 17.4. The van der Waals surface area contributed by atoms with Crippen LogP contribution in [0.2, 0.25) is 0 Å². The van der Waals surface area contributed by atoms with Gasteiger partial charge in [-0.1, -0.05) is 60.8 Å². The Morgan fingerprint density at radius 3 is 1.41 bits per heavy atom. The maximum Gasteiger partial charge on any atom is 0.326 e. The van der Waals surface area contributed by atoms with Crippen LogP contribution in [-0.2, 0) is 24.0 Å². The maximum absolute atomic E-state index is 13.2. The Kier molecular flexibility index (Phi) is 14.1. The molecule has 0 bridgehead atoms. The first-order valence-electron chi connectivity index (χ1n) is 12.0. The first kappa shape index (κ1) is 31.3. The zero-order valence-corrected chi connectivity index (χ0v) is 21.2. The van der Waals surface area contributed by atoms with E-state index in [1.807, 2.05) is 20.8 Å². The molecule has 4 amide bonds. The molecule has 0 fully saturated rings. The molecule has 0 heterocycles. The van der Waals surface area contributed by atoms with E-state index in [1.165, 1.54) is 0 Å². The van der Waals surface area contributed by atoms with E-state index in [0.717, 1.165) is 0 Å². The standard InChI is InChI=1S/C23H43N5O6/c1-7-12(4)17(26-20(30)15(24)10-11-16(25)29)21(31)27-18(13(5)8-2)22(32)28-19(23(33)34)14(6)9-3/h12-15,17-19H,7-11,24H2,1-6H3,(H2,25,29)(H,26,30)(H,27,31)(H,28,32)(H,33,34). The molecule has 7 unspecified atom stereocenters. The smallest absolute Gasteiger partial charge is 0.326 e. The molecule has 0 aliphatic carbocycles. The number of amides is 4. The number of carbonyl (C=O) groups is 5. The van der Waals surface area contributed by atoms with Crippen LogP contribution in [0.25, 0.3) is 0 Å². The average molecular weight is 486 g/mol. The largest absolute Gasteiger partial charge is 0.480 e. The summed E-state index contributed by atoms with van der Waals surface area (Å²) in [6.45, 7) is 10.8. The number of carbonyl (C=O) groups excluding carboxylic acids is 4. The third kappa shape index (κ3) is 10.1. The molecule has 0 aliphatic heterocycles. The molecule has 0 aliphatic rings. The summed E-state index contributed by atoms with van der Waals surface area (Å²) in [5.41, 5.74) is 10.9. The number of carboxylic acid groups (broad SMARTS) is 1. The molecule has 0 saturated heterocycles. The predicted octanol–water partition coefficient (Wildman–Crippen LogP) is 0.257. The fourth-order valence-electron chi connectivity index (χ4n) is 3.26. The molecule has 8 N–H and O–H groups in total. The second-order valence-corrected chi connectivity index (χ2v) is 9.07. The van der Waals surface area contributed by atoms with Gasteiger partial charge in [0.25, 0.3) is 0 Å². The number of nitrogens with one attached hydrogen (secondary N) is 3. The monoisotopic (exact) mass is 485 g/mol. The van der Waals surface area contributed by atoms with Crippen molar-refractivity contribution in [2.75, 3.05) is 0 Å². The molecule has 0 saturated carbocycles. The van der Waals surface area contributed by atoms with Crippen molar-refractivity contribution >= 4 is 29.6 Å². The molecule has 0 aromatic heterocycles. The minimum absolute atomic E-state index is 0.0418. The molecule has 11 nitrogen and oxygen atoms in total. The Balaban J connectivity index is 5.62. The fourth-order valence-corrected chi connectivity index (χ4v) is 3.26. The molecular weight excluding hydrogens is 442 g/mol. The van der Waals surface area contributed by atoms with Gasteiger partial charge in [-0.3, -0.25) is 19.2 Å². The molecule has 0 aromatic carbocycles. The van der Waals surface area contributed by atoms with Crippen molar-refractivity contribution < 1.29 is 29.1 Å². The summed E-state index contributed by atoms with van der Waals surface area (Å²) in [4.78, 5) is 61.3. The number of primary amides is 1. The van der Waals surface area contributed by atoms with Gasteiger partial charge in [-0.2, -0.15) is 0 Å². The van der Waals surface area contributed by atoms with Crippen LogP contribution < -0.4 is 27.4 Å². The van der Waals surface area contributed by atoms with Gasteiger partial charge < -0.3 is 32.5 Å². The highest BCUT2D eigenvalue weighted by Gasteiger charge is 2.35. The molecule has 0 aromatic rings. The molecule has 0 rings (SSSR count). The van der Waals surface area contributed by atoms with Crippen LogP contribution in [0.3, 0.4) is 0 Å². The van der Waals surface area contributed by atoms with Gasteiger partial charge in [0.1, 0.15) is 18.1 Å². The number of hydrogen-bond donors (Lipinski definition) is 6. The number of aliphatic carboxylic acids is 1. The Morgan fingerprint density at radius 1 is 0.706 bits per heavy atom. The molecule has 34 heavy (non-hydrogen) atoms. The molecule has 0 spiro atoms. The van der Waals surface area contributed by atoms with Crippen LogP contribution in [0.4, 0.5) is 0 Å². The summed E-state index contributed by atoms with van der Waals surface area (Å²) in [7, 11) is 0. The van der Waals surface area contributed by atoms with E-state index in [4.69, 9.17) is 11.5 Å². The zero-order valence-electron chi connectivity index (χ0n) is 21.2. The minimum atomic E-state index is -1.15. The topological polar surface area (TPSA) is 194 Å². The van der Waals surface area contributed by atoms with E-state index in [0.29, 0.717) is 19.3 Å². The first-order valence-corrected chi connectivity index (χ1v) is 12.0. The lowest BCUT2D eigenvalue weighted by atomic mass is 9.93. The average Bonchev–Trinajstić information content (AvgIpc) is 2.80. The summed E-state index contributed by atoms with van der Waals surface area (Å²) >= 11 is 0. The van der Waals surface area contributed by atoms with Crippen molar-refractivity contribution in [2.45, 2.75) is 97.8 Å². The van der Waals surface area contributed by atoms with Crippen LogP contribution in [0.1, 0.15) is 73.6 Å². The lowest BCUT2D eigenvalue weighted by Gasteiger charge is -2.30. The third-order valence-corrected chi connectivity index (χ3v) is 6.40. The van der Waals surface area contributed by atoms with Gasteiger partial charge in [-0.25, -0.2) is 4.79 Å². The molecule has 11 heteroatoms. The highest BCUT2D eigenvalue weighted by atomic mass is 16.4. The van der Waals surface area contributed by atoms with Crippen molar-refractivity contribution in [3.63, 3.8) is 0 Å². The van der Waals surface area contributed by atoms with Gasteiger partial charge in [0.05, 0.1) is 6.04 Å². The highest BCUT2D eigenvalue weighted by Crippen LogP contribution is 2.14.